The van der Waals surface area contributed by atoms with E-state index < -0.39 is 17.8 Å². The van der Waals surface area contributed by atoms with Gasteiger partial charge in [0.15, 0.2) is 0 Å². The molecule has 1 spiro atoms. The Bertz CT molecular complexity index is 1370. The van der Waals surface area contributed by atoms with Gasteiger partial charge in [0.25, 0.3) is 5.91 Å². The Balaban J connectivity index is 1.10. The number of benzene rings is 1. The minimum absolute atomic E-state index is 0.326. The molecular formula is C29H35F3N6O2. The van der Waals surface area contributed by atoms with Gasteiger partial charge in [0.05, 0.1) is 24.4 Å². The molecule has 8 nitrogen and oxygen atoms in total. The molecule has 11 heteroatoms. The number of halogens is 3. The smallest absolute Gasteiger partial charge is 0.433 e. The summed E-state index contributed by atoms with van der Waals surface area (Å²) < 4.78 is 46.6. The number of fused-ring (bicyclic) bond motifs is 1. The molecule has 3 aromatic rings. The molecule has 3 fully saturated rings. The maximum absolute atomic E-state index is 13.0. The fourth-order valence-corrected chi connectivity index (χ4v) is 6.68. The van der Waals surface area contributed by atoms with Crippen LogP contribution < -0.4 is 20.7 Å². The summed E-state index contributed by atoms with van der Waals surface area (Å²) in [6, 6.07) is 8.35. The Morgan fingerprint density at radius 1 is 1.10 bits per heavy atom. The normalized spacial score (nSPS) is 25.6. The molecule has 0 bridgehead atoms. The molecule has 2 aliphatic carbocycles. The molecule has 1 aliphatic heterocycles. The van der Waals surface area contributed by atoms with Crippen molar-refractivity contribution < 1.29 is 22.7 Å². The molecule has 0 unspecified atom stereocenters. The number of piperidine rings is 1. The zero-order valence-electron chi connectivity index (χ0n) is 22.6. The number of carbonyl (C=O) groups excluding carboxylic acids is 1. The maximum atomic E-state index is 13.0. The van der Waals surface area contributed by atoms with E-state index in [1.807, 2.05) is 10.9 Å². The van der Waals surface area contributed by atoms with E-state index in [1.165, 1.54) is 51.7 Å². The lowest BCUT2D eigenvalue weighted by molar-refractivity contribution is -0.141. The Morgan fingerprint density at radius 3 is 2.52 bits per heavy atom. The van der Waals surface area contributed by atoms with Crippen LogP contribution in [0.1, 0.15) is 73.6 Å². The summed E-state index contributed by atoms with van der Waals surface area (Å²) in [6.45, 7) is 2.22. The molecular weight excluding hydrogens is 521 g/mol. The van der Waals surface area contributed by atoms with Gasteiger partial charge in [-0.15, -0.1) is 0 Å². The van der Waals surface area contributed by atoms with Crippen LogP contribution in [0.2, 0.25) is 0 Å². The van der Waals surface area contributed by atoms with Crippen molar-refractivity contribution in [1.82, 2.24) is 25.4 Å². The highest BCUT2D eigenvalue weighted by Crippen LogP contribution is 2.56. The lowest BCUT2D eigenvalue weighted by Crippen LogP contribution is -2.49. The molecule has 2 saturated carbocycles. The van der Waals surface area contributed by atoms with Crippen LogP contribution >= 0.6 is 0 Å². The second-order valence-corrected chi connectivity index (χ2v) is 11.6. The van der Waals surface area contributed by atoms with Crippen LogP contribution in [0.3, 0.4) is 0 Å². The van der Waals surface area contributed by atoms with E-state index in [1.54, 1.807) is 12.1 Å². The first-order valence-electron chi connectivity index (χ1n) is 14.1. The Labute approximate surface area is 231 Å². The second-order valence-electron chi connectivity index (χ2n) is 11.6. The van der Waals surface area contributed by atoms with Gasteiger partial charge >= 0.3 is 6.18 Å². The molecule has 2 aromatic heterocycles. The molecule has 0 atom stereocenters. The zero-order valence-corrected chi connectivity index (χ0v) is 22.6. The van der Waals surface area contributed by atoms with E-state index in [-0.39, 0.29) is 5.69 Å². The van der Waals surface area contributed by atoms with Crippen LogP contribution in [0.25, 0.3) is 10.9 Å². The van der Waals surface area contributed by atoms with Crippen LogP contribution in [0.5, 0.6) is 5.75 Å². The van der Waals surface area contributed by atoms with E-state index in [4.69, 9.17) is 9.84 Å². The third kappa shape index (κ3) is 5.54. The van der Waals surface area contributed by atoms with Crippen molar-refractivity contribution in [2.45, 2.75) is 75.7 Å². The number of amides is 1. The fourth-order valence-electron chi connectivity index (χ4n) is 6.68. The molecule has 1 aromatic carbocycles. The Kier molecular flexibility index (Phi) is 7.20. The number of carbonyl (C=O) groups is 1. The van der Waals surface area contributed by atoms with E-state index in [0.717, 1.165) is 49.0 Å². The minimum atomic E-state index is -4.63. The summed E-state index contributed by atoms with van der Waals surface area (Å²) in [7, 11) is 1.47. The van der Waals surface area contributed by atoms with E-state index in [9.17, 15) is 18.0 Å². The number of nitrogens with one attached hydrogen (secondary N) is 3. The topological polar surface area (TPSA) is 93.1 Å². The summed E-state index contributed by atoms with van der Waals surface area (Å²) in [5.74, 6) is -0.370. The number of anilines is 1. The number of hydrogen-bond acceptors (Lipinski definition) is 6. The lowest BCUT2D eigenvalue weighted by Gasteiger charge is -2.52. The average molecular weight is 557 g/mol. The minimum Gasteiger partial charge on any atom is -0.494 e. The first-order chi connectivity index (χ1) is 19.2. The molecule has 6 rings (SSSR count). The summed E-state index contributed by atoms with van der Waals surface area (Å²) in [4.78, 5) is 16.2. The van der Waals surface area contributed by atoms with E-state index >= 15 is 0 Å². The van der Waals surface area contributed by atoms with Gasteiger partial charge < -0.3 is 20.7 Å². The van der Waals surface area contributed by atoms with E-state index in [0.29, 0.717) is 35.0 Å². The average Bonchev–Trinajstić information content (AvgIpc) is 3.34. The largest absolute Gasteiger partial charge is 0.494 e. The standard InChI is InChI=1S/C29H35F3N6O2/c1-40-25-14-23-18(13-24(25)36-27(39)22-3-2-4-26(35-22)29(30,31)32)17-38(37-23)21-15-28(16-21)9-5-19(6-10-28)34-20-7-11-33-12-8-20/h2-4,13-14,17,19-21,33-34H,5-12,15-16H2,1H3,(H,36,39). The van der Waals surface area contributed by atoms with Gasteiger partial charge in [-0.3, -0.25) is 9.48 Å². The summed E-state index contributed by atoms with van der Waals surface area (Å²) in [6.07, 6.45) is 6.98. The number of ether oxygens (including phenoxy) is 1. The van der Waals surface area contributed by atoms with Gasteiger partial charge in [0.1, 0.15) is 17.1 Å². The molecule has 0 radical (unpaired) electrons. The predicted octanol–water partition coefficient (Wildman–Crippen LogP) is 5.32. The summed E-state index contributed by atoms with van der Waals surface area (Å²) >= 11 is 0. The van der Waals surface area contributed by atoms with Crippen molar-refractivity contribution in [3.8, 4) is 5.75 Å². The summed E-state index contributed by atoms with van der Waals surface area (Å²) in [5.41, 5.74) is 0.0529. The Morgan fingerprint density at radius 2 is 1.82 bits per heavy atom. The van der Waals surface area contributed by atoms with E-state index in [2.05, 4.69) is 20.9 Å². The molecule has 3 heterocycles. The van der Waals surface area contributed by atoms with Gasteiger partial charge in [-0.2, -0.15) is 18.3 Å². The number of pyridine rings is 1. The molecule has 40 heavy (non-hydrogen) atoms. The van der Waals surface area contributed by atoms with Crippen LogP contribution in [-0.2, 0) is 6.18 Å². The Hall–Kier alpha value is -3.18. The number of aromatic nitrogens is 3. The van der Waals surface area contributed by atoms with Crippen molar-refractivity contribution in [2.75, 3.05) is 25.5 Å². The van der Waals surface area contributed by atoms with Crippen molar-refractivity contribution in [1.29, 1.82) is 0 Å². The summed E-state index contributed by atoms with van der Waals surface area (Å²) in [5, 5.41) is 15.6. The molecule has 214 valence electrons. The highest BCUT2D eigenvalue weighted by Gasteiger charge is 2.47. The second kappa shape index (κ2) is 10.7. The van der Waals surface area contributed by atoms with Gasteiger partial charge in [-0.25, -0.2) is 4.98 Å². The third-order valence-electron chi connectivity index (χ3n) is 8.93. The highest BCUT2D eigenvalue weighted by molar-refractivity contribution is 6.05. The fraction of sp³-hybridized carbons (Fsp3) is 0.552. The van der Waals surface area contributed by atoms with Crippen LogP contribution in [-0.4, -0.2) is 53.0 Å². The van der Waals surface area contributed by atoms with Crippen molar-refractivity contribution in [3.05, 3.63) is 47.9 Å². The van der Waals surface area contributed by atoms with Crippen molar-refractivity contribution >= 4 is 22.5 Å². The molecule has 1 saturated heterocycles. The quantitative estimate of drug-likeness (QED) is 0.381. The monoisotopic (exact) mass is 556 g/mol. The molecule has 1 amide bonds. The third-order valence-corrected chi connectivity index (χ3v) is 8.93. The van der Waals surface area contributed by atoms with Crippen molar-refractivity contribution in [2.24, 2.45) is 5.41 Å². The molecule has 3 aliphatic rings. The number of alkyl halides is 3. The number of rotatable bonds is 6. The van der Waals surface area contributed by atoms with Crippen molar-refractivity contribution in [3.63, 3.8) is 0 Å². The van der Waals surface area contributed by atoms with Gasteiger partial charge in [0.2, 0.25) is 0 Å². The van der Waals surface area contributed by atoms with Gasteiger partial charge in [-0.05, 0) is 88.1 Å². The lowest BCUT2D eigenvalue weighted by atomic mass is 9.57. The van der Waals surface area contributed by atoms with Crippen LogP contribution in [0, 0.1) is 5.41 Å². The first kappa shape index (κ1) is 27.0. The highest BCUT2D eigenvalue weighted by atomic mass is 19.4. The predicted molar refractivity (Wildman–Crippen MR) is 145 cm³/mol. The van der Waals surface area contributed by atoms with Crippen LogP contribution in [0.15, 0.2) is 36.5 Å². The zero-order chi connectivity index (χ0) is 27.9. The van der Waals surface area contributed by atoms with Gasteiger partial charge in [0, 0.05) is 29.7 Å². The number of hydrogen-bond donors (Lipinski definition) is 3. The van der Waals surface area contributed by atoms with Crippen LogP contribution in [0.4, 0.5) is 18.9 Å². The number of methoxy groups -OCH3 is 1. The first-order valence-corrected chi connectivity index (χ1v) is 14.1. The number of nitrogens with zero attached hydrogens (tertiary/aromatic N) is 3. The van der Waals surface area contributed by atoms with Gasteiger partial charge in [-0.1, -0.05) is 6.07 Å². The molecule has 3 N–H and O–H groups in total. The maximum Gasteiger partial charge on any atom is 0.433 e. The SMILES string of the molecule is COc1cc2nn(C3CC4(CCC(NC5CCNCC5)CC4)C3)cc2cc1NC(=O)c1cccc(C(F)(F)F)n1.